The molecule has 0 aliphatic rings. The van der Waals surface area contributed by atoms with Gasteiger partial charge in [0.05, 0.1) is 13.2 Å². The molecule has 0 aliphatic carbocycles. The van der Waals surface area contributed by atoms with E-state index in [0.29, 0.717) is 30.7 Å². The molecule has 2 rings (SSSR count). The number of phenols is 1. The van der Waals surface area contributed by atoms with E-state index >= 15 is 0 Å². The highest BCUT2D eigenvalue weighted by Crippen LogP contribution is 2.34. The van der Waals surface area contributed by atoms with Gasteiger partial charge >= 0.3 is 12.1 Å². The highest BCUT2D eigenvalue weighted by atomic mass is 32.2. The third kappa shape index (κ3) is 8.36. The first-order chi connectivity index (χ1) is 15.9. The highest BCUT2D eigenvalue weighted by Gasteiger charge is 2.28. The Morgan fingerprint density at radius 3 is 2.48 bits per heavy atom. The molecule has 2 aromatic rings. The summed E-state index contributed by atoms with van der Waals surface area (Å²) in [5.74, 6) is -0.853. The summed E-state index contributed by atoms with van der Waals surface area (Å²) in [4.78, 5) is 24.5. The van der Waals surface area contributed by atoms with E-state index in [1.54, 1.807) is 36.0 Å². The Morgan fingerprint density at radius 2 is 1.91 bits per heavy atom. The van der Waals surface area contributed by atoms with E-state index in [4.69, 9.17) is 19.3 Å². The molecule has 0 unspecified atom stereocenters. The molecule has 0 spiro atoms. The number of thioether (sulfide) groups is 1. The van der Waals surface area contributed by atoms with E-state index in [1.807, 2.05) is 25.3 Å². The summed E-state index contributed by atoms with van der Waals surface area (Å²) in [6, 6.07) is 12.0. The molecule has 2 aromatic carbocycles. The Hall–Kier alpha value is -3.17. The summed E-state index contributed by atoms with van der Waals surface area (Å²) in [5, 5.41) is 21.8. The predicted octanol–water partition coefficient (Wildman–Crippen LogP) is 5.24. The average molecular weight is 476 g/mol. The van der Waals surface area contributed by atoms with Crippen molar-refractivity contribution in [3.05, 3.63) is 60.2 Å². The van der Waals surface area contributed by atoms with Crippen molar-refractivity contribution in [3.63, 3.8) is 0 Å². The molecule has 9 heteroatoms. The number of aliphatic carboxylic acids is 1. The molecule has 0 radical (unpaired) electrons. The van der Waals surface area contributed by atoms with Crippen molar-refractivity contribution in [3.8, 4) is 11.5 Å². The topological polar surface area (TPSA) is 114 Å². The summed E-state index contributed by atoms with van der Waals surface area (Å²) < 4.78 is 16.7. The predicted molar refractivity (Wildman–Crippen MR) is 127 cm³/mol. The van der Waals surface area contributed by atoms with Gasteiger partial charge in [0.25, 0.3) is 0 Å². The van der Waals surface area contributed by atoms with Crippen molar-refractivity contribution in [1.29, 1.82) is 0 Å². The minimum absolute atomic E-state index is 0.0994. The fourth-order valence-corrected chi connectivity index (χ4v) is 3.57. The fraction of sp³-hybridized carbons (Fsp3) is 0.333. The number of aromatic hydroxyl groups is 1. The number of anilines is 1. The van der Waals surface area contributed by atoms with Crippen LogP contribution in [0.1, 0.15) is 31.4 Å². The lowest BCUT2D eigenvalue weighted by molar-refractivity contribution is -0.131. The number of hydrogen-bond acceptors (Lipinski definition) is 7. The van der Waals surface area contributed by atoms with Crippen LogP contribution in [0.2, 0.25) is 0 Å². The van der Waals surface area contributed by atoms with Gasteiger partial charge in [-0.05, 0) is 68.0 Å². The SMILES string of the molecule is CCO[C@@H](CC/C=C/C(=O)O)[C@@H](OC(=O)Nc1ccc(SC)cc1)c1ccc(OC)c(O)c1. The van der Waals surface area contributed by atoms with Crippen molar-refractivity contribution < 1.29 is 34.0 Å². The van der Waals surface area contributed by atoms with Crippen molar-refractivity contribution in [2.75, 3.05) is 25.3 Å². The van der Waals surface area contributed by atoms with E-state index < -0.39 is 24.3 Å². The highest BCUT2D eigenvalue weighted by molar-refractivity contribution is 7.98. The maximum Gasteiger partial charge on any atom is 0.412 e. The van der Waals surface area contributed by atoms with Crippen molar-refractivity contribution in [2.45, 2.75) is 36.9 Å². The molecule has 2 atom stereocenters. The molecular weight excluding hydrogens is 446 g/mol. The van der Waals surface area contributed by atoms with E-state index in [9.17, 15) is 14.7 Å². The molecule has 0 aromatic heterocycles. The minimum Gasteiger partial charge on any atom is -0.504 e. The number of rotatable bonds is 12. The number of carboxylic acids is 1. The Kier molecular flexibility index (Phi) is 10.6. The Bertz CT molecular complexity index is 946. The molecular formula is C24H29NO7S. The van der Waals surface area contributed by atoms with Crippen molar-refractivity contribution >= 4 is 29.5 Å². The monoisotopic (exact) mass is 475 g/mol. The molecule has 0 aliphatic heterocycles. The van der Waals surface area contributed by atoms with E-state index in [-0.39, 0.29) is 11.5 Å². The molecule has 178 valence electrons. The Morgan fingerprint density at radius 1 is 1.18 bits per heavy atom. The number of carboxylic acid groups (broad SMARTS) is 1. The number of phenolic OH excluding ortho intramolecular Hbond substituents is 1. The van der Waals surface area contributed by atoms with Gasteiger partial charge in [-0.15, -0.1) is 11.8 Å². The normalized spacial score (nSPS) is 12.8. The first kappa shape index (κ1) is 26.1. The number of carbonyl (C=O) groups excluding carboxylic acids is 1. The van der Waals surface area contributed by atoms with Crippen LogP contribution in [-0.4, -0.2) is 48.4 Å². The summed E-state index contributed by atoms with van der Waals surface area (Å²) in [5.41, 5.74) is 1.09. The summed E-state index contributed by atoms with van der Waals surface area (Å²) >= 11 is 1.59. The van der Waals surface area contributed by atoms with E-state index in [1.165, 1.54) is 19.3 Å². The number of benzene rings is 2. The number of methoxy groups -OCH3 is 1. The number of ether oxygens (including phenoxy) is 3. The van der Waals surface area contributed by atoms with Crippen molar-refractivity contribution in [1.82, 2.24) is 0 Å². The minimum atomic E-state index is -1.04. The largest absolute Gasteiger partial charge is 0.504 e. The van der Waals surface area contributed by atoms with Crippen LogP contribution in [0.15, 0.2) is 59.5 Å². The first-order valence-electron chi connectivity index (χ1n) is 10.4. The van der Waals surface area contributed by atoms with Gasteiger partial charge < -0.3 is 24.4 Å². The Labute approximate surface area is 197 Å². The molecule has 1 amide bonds. The second-order valence-electron chi connectivity index (χ2n) is 6.92. The molecule has 3 N–H and O–H groups in total. The lowest BCUT2D eigenvalue weighted by atomic mass is 9.99. The summed E-state index contributed by atoms with van der Waals surface area (Å²) in [7, 11) is 1.44. The standard InChI is InChI=1S/C24H29NO7S/c1-4-31-21(7-5-6-8-22(27)28)23(16-9-14-20(30-2)19(26)15-16)32-24(29)25-17-10-12-18(33-3)13-11-17/h6,8-15,21,23,26H,4-5,7H2,1-3H3,(H,25,29)(H,27,28)/b8-6+/t21-,23-/m0/s1. The zero-order valence-electron chi connectivity index (χ0n) is 18.8. The van der Waals surface area contributed by atoms with Crippen molar-refractivity contribution in [2.24, 2.45) is 0 Å². The number of hydrogen-bond donors (Lipinski definition) is 3. The number of amides is 1. The second-order valence-corrected chi connectivity index (χ2v) is 7.80. The summed E-state index contributed by atoms with van der Waals surface area (Å²) in [6.07, 6.45) is 3.22. The van der Waals surface area contributed by atoms with Crippen LogP contribution in [0, 0.1) is 0 Å². The molecule has 33 heavy (non-hydrogen) atoms. The third-order valence-corrected chi connectivity index (χ3v) is 5.44. The lowest BCUT2D eigenvalue weighted by Crippen LogP contribution is -2.29. The number of allylic oxidation sites excluding steroid dienone is 1. The van der Waals surface area contributed by atoms with Crippen LogP contribution in [0.5, 0.6) is 11.5 Å². The smallest absolute Gasteiger partial charge is 0.412 e. The van der Waals surface area contributed by atoms with Crippen LogP contribution >= 0.6 is 11.8 Å². The lowest BCUT2D eigenvalue weighted by Gasteiger charge is -2.27. The first-order valence-corrected chi connectivity index (χ1v) is 11.6. The molecule has 0 heterocycles. The molecule has 0 fully saturated rings. The zero-order chi connectivity index (χ0) is 24.2. The zero-order valence-corrected chi connectivity index (χ0v) is 19.6. The quantitative estimate of drug-likeness (QED) is 0.282. The molecule has 0 saturated heterocycles. The third-order valence-electron chi connectivity index (χ3n) is 4.70. The van der Waals surface area contributed by atoms with Gasteiger partial charge in [0, 0.05) is 23.3 Å². The van der Waals surface area contributed by atoms with E-state index in [2.05, 4.69) is 5.32 Å². The van der Waals surface area contributed by atoms with Crippen LogP contribution in [0.4, 0.5) is 10.5 Å². The van der Waals surface area contributed by atoms with Gasteiger partial charge in [-0.3, -0.25) is 5.32 Å². The van der Waals surface area contributed by atoms with Gasteiger partial charge in [-0.1, -0.05) is 12.1 Å². The molecule has 0 saturated carbocycles. The maximum absolute atomic E-state index is 12.7. The van der Waals surface area contributed by atoms with Crippen LogP contribution in [0.25, 0.3) is 0 Å². The number of nitrogens with one attached hydrogen (secondary N) is 1. The maximum atomic E-state index is 12.7. The summed E-state index contributed by atoms with van der Waals surface area (Å²) in [6.45, 7) is 2.17. The molecule has 8 nitrogen and oxygen atoms in total. The van der Waals surface area contributed by atoms with Gasteiger partial charge in [0.1, 0.15) is 0 Å². The van der Waals surface area contributed by atoms with Crippen LogP contribution in [-0.2, 0) is 14.3 Å². The number of carbonyl (C=O) groups is 2. The average Bonchev–Trinajstić information content (AvgIpc) is 2.80. The van der Waals surface area contributed by atoms with Gasteiger partial charge in [0.15, 0.2) is 17.6 Å². The van der Waals surface area contributed by atoms with Crippen LogP contribution < -0.4 is 10.1 Å². The van der Waals surface area contributed by atoms with E-state index in [0.717, 1.165) is 11.0 Å². The van der Waals surface area contributed by atoms with Crippen LogP contribution in [0.3, 0.4) is 0 Å². The fourth-order valence-electron chi connectivity index (χ4n) is 3.16. The Balaban J connectivity index is 2.26. The molecule has 0 bridgehead atoms. The van der Waals surface area contributed by atoms with Gasteiger partial charge in [-0.2, -0.15) is 0 Å². The van der Waals surface area contributed by atoms with Gasteiger partial charge in [-0.25, -0.2) is 9.59 Å². The van der Waals surface area contributed by atoms with Gasteiger partial charge in [0.2, 0.25) is 0 Å². The second kappa shape index (κ2) is 13.4.